The molecule has 0 fully saturated rings. The van der Waals surface area contributed by atoms with Gasteiger partial charge in [0.25, 0.3) is 5.91 Å². The summed E-state index contributed by atoms with van der Waals surface area (Å²) < 4.78 is 31.8. The Labute approximate surface area is 204 Å². The number of carbonyl (C=O) groups is 1. The van der Waals surface area contributed by atoms with E-state index in [1.807, 2.05) is 6.92 Å². The quantitative estimate of drug-likeness (QED) is 0.268. The molecule has 33 heavy (non-hydrogen) atoms. The molecule has 1 amide bonds. The summed E-state index contributed by atoms with van der Waals surface area (Å²) in [5.74, 6) is -0.865. The van der Waals surface area contributed by atoms with E-state index in [1.165, 1.54) is 18.3 Å². The van der Waals surface area contributed by atoms with Gasteiger partial charge in [0, 0.05) is 23.2 Å². The van der Waals surface area contributed by atoms with Gasteiger partial charge in [-0.15, -0.1) is 0 Å². The minimum Gasteiger partial charge on any atom is -0.374 e. The number of pyridine rings is 2. The van der Waals surface area contributed by atoms with Crippen molar-refractivity contribution in [3.63, 3.8) is 0 Å². The number of hydrogen-bond donors (Lipinski definition) is 1. The van der Waals surface area contributed by atoms with Crippen molar-refractivity contribution >= 4 is 54.5 Å². The monoisotopic (exact) mass is 545 g/mol. The van der Waals surface area contributed by atoms with Gasteiger partial charge in [-0.05, 0) is 64.8 Å². The van der Waals surface area contributed by atoms with Crippen LogP contribution in [0.2, 0.25) is 5.02 Å². The molecule has 4 aromatic rings. The molecular formula is C23H17BrClN3O4S. The molecule has 1 N–H and O–H groups in total. The number of hydrogen-bond acceptors (Lipinski definition) is 6. The Morgan fingerprint density at radius 2 is 1.79 bits per heavy atom. The Balaban J connectivity index is 1.74. The average Bonchev–Trinajstić information content (AvgIpc) is 2.80. The van der Waals surface area contributed by atoms with Crippen molar-refractivity contribution in [2.45, 2.75) is 18.4 Å². The van der Waals surface area contributed by atoms with Gasteiger partial charge in [0.2, 0.25) is 5.75 Å². The van der Waals surface area contributed by atoms with Gasteiger partial charge in [-0.25, -0.2) is 4.98 Å². The molecule has 0 saturated heterocycles. The third kappa shape index (κ3) is 5.16. The largest absolute Gasteiger partial charge is 0.374 e. The number of nitrogens with one attached hydrogen (secondary N) is 1. The molecule has 0 spiro atoms. The summed E-state index contributed by atoms with van der Waals surface area (Å²) in [7, 11) is -4.25. The van der Waals surface area contributed by atoms with Gasteiger partial charge in [0.05, 0.1) is 0 Å². The Bertz CT molecular complexity index is 1440. The van der Waals surface area contributed by atoms with Gasteiger partial charge >= 0.3 is 10.1 Å². The summed E-state index contributed by atoms with van der Waals surface area (Å²) in [6.07, 6.45) is 1.48. The molecule has 0 radical (unpaired) electrons. The fraction of sp³-hybridized carbons (Fsp3) is 0.0870. The molecule has 2 heterocycles. The fourth-order valence-electron chi connectivity index (χ4n) is 3.04. The second kappa shape index (κ2) is 9.46. The van der Waals surface area contributed by atoms with Crippen LogP contribution in [0.15, 0.2) is 76.4 Å². The molecule has 0 bridgehead atoms. The highest BCUT2D eigenvalue weighted by molar-refractivity contribution is 9.10. The molecule has 0 aliphatic carbocycles. The van der Waals surface area contributed by atoms with E-state index in [4.69, 9.17) is 15.8 Å². The van der Waals surface area contributed by atoms with Crippen LogP contribution >= 0.6 is 27.5 Å². The van der Waals surface area contributed by atoms with Crippen LogP contribution in [0, 0.1) is 6.92 Å². The molecule has 2 aromatic heterocycles. The van der Waals surface area contributed by atoms with Gasteiger partial charge in [-0.2, -0.15) is 8.42 Å². The molecular weight excluding hydrogens is 530 g/mol. The number of aromatic nitrogens is 2. The summed E-state index contributed by atoms with van der Waals surface area (Å²) in [5, 5.41) is 3.81. The number of nitrogens with zero attached hydrogens (tertiary/aromatic N) is 2. The maximum absolute atomic E-state index is 13.0. The molecule has 4 rings (SSSR count). The van der Waals surface area contributed by atoms with Gasteiger partial charge in [0.15, 0.2) is 5.69 Å². The standard InChI is InChI=1S/C23H17BrClN3O4S/c1-14-4-10-17(11-5-14)33(30,31)32-21-19-18(3-2-12-26-19)22(24)28-20(21)23(29)27-13-15-6-8-16(25)9-7-15/h2-12H,13H2,1H3,(H,27,29). The summed E-state index contributed by atoms with van der Waals surface area (Å²) in [5.41, 5.74) is 1.68. The van der Waals surface area contributed by atoms with Crippen LogP contribution in [-0.4, -0.2) is 24.3 Å². The van der Waals surface area contributed by atoms with E-state index in [0.717, 1.165) is 11.1 Å². The second-order valence-corrected chi connectivity index (χ2v) is 9.87. The number of carbonyl (C=O) groups excluding carboxylic acids is 1. The lowest BCUT2D eigenvalue weighted by molar-refractivity contribution is 0.0944. The number of rotatable bonds is 6. The van der Waals surface area contributed by atoms with Gasteiger partial charge < -0.3 is 9.50 Å². The highest BCUT2D eigenvalue weighted by Crippen LogP contribution is 2.33. The predicted octanol–water partition coefficient (Wildman–Crippen LogP) is 5.05. The summed E-state index contributed by atoms with van der Waals surface area (Å²) in [6.45, 7) is 2.02. The van der Waals surface area contributed by atoms with Crippen LogP contribution in [0.25, 0.3) is 10.9 Å². The Morgan fingerprint density at radius 1 is 1.09 bits per heavy atom. The lowest BCUT2D eigenvalue weighted by Gasteiger charge is -2.14. The van der Waals surface area contributed by atoms with Gasteiger partial charge in [-0.1, -0.05) is 41.4 Å². The zero-order valence-corrected chi connectivity index (χ0v) is 20.4. The van der Waals surface area contributed by atoms with Crippen LogP contribution < -0.4 is 9.50 Å². The predicted molar refractivity (Wildman–Crippen MR) is 129 cm³/mol. The first-order valence-corrected chi connectivity index (χ1v) is 12.3. The molecule has 0 aliphatic heterocycles. The first kappa shape index (κ1) is 23.2. The van der Waals surface area contributed by atoms with Crippen molar-refractivity contribution in [3.05, 3.63) is 93.3 Å². The van der Waals surface area contributed by atoms with Crippen molar-refractivity contribution in [1.29, 1.82) is 0 Å². The topological polar surface area (TPSA) is 98.2 Å². The minimum atomic E-state index is -4.25. The zero-order valence-electron chi connectivity index (χ0n) is 17.2. The summed E-state index contributed by atoms with van der Waals surface area (Å²) >= 11 is 9.24. The van der Waals surface area contributed by atoms with Gasteiger partial charge in [0.1, 0.15) is 15.0 Å². The molecule has 7 nitrogen and oxygen atoms in total. The van der Waals surface area contributed by atoms with E-state index in [1.54, 1.807) is 48.5 Å². The molecule has 0 atom stereocenters. The van der Waals surface area contributed by atoms with E-state index in [2.05, 4.69) is 31.2 Å². The van der Waals surface area contributed by atoms with E-state index in [0.29, 0.717) is 15.0 Å². The Morgan fingerprint density at radius 3 is 2.48 bits per heavy atom. The highest BCUT2D eigenvalue weighted by atomic mass is 79.9. The highest BCUT2D eigenvalue weighted by Gasteiger charge is 2.26. The number of benzene rings is 2. The van der Waals surface area contributed by atoms with Crippen molar-refractivity contribution < 1.29 is 17.4 Å². The van der Waals surface area contributed by atoms with E-state index < -0.39 is 16.0 Å². The van der Waals surface area contributed by atoms with Crippen LogP contribution in [0.3, 0.4) is 0 Å². The van der Waals surface area contributed by atoms with E-state index >= 15 is 0 Å². The third-order valence-corrected chi connectivity index (χ3v) is 6.85. The van der Waals surface area contributed by atoms with Crippen molar-refractivity contribution in [2.24, 2.45) is 0 Å². The zero-order chi connectivity index (χ0) is 23.6. The molecule has 10 heteroatoms. The Kier molecular flexibility index (Phi) is 6.64. The molecule has 0 saturated carbocycles. The summed E-state index contributed by atoms with van der Waals surface area (Å²) in [6, 6.07) is 16.5. The maximum atomic E-state index is 13.0. The fourth-order valence-corrected chi connectivity index (χ4v) is 4.60. The van der Waals surface area contributed by atoms with Gasteiger partial charge in [-0.3, -0.25) is 9.78 Å². The van der Waals surface area contributed by atoms with E-state index in [9.17, 15) is 13.2 Å². The molecule has 168 valence electrons. The first-order valence-electron chi connectivity index (χ1n) is 9.72. The second-order valence-electron chi connectivity index (χ2n) is 7.14. The number of amides is 1. The first-order chi connectivity index (χ1) is 15.7. The average molecular weight is 547 g/mol. The van der Waals surface area contributed by atoms with Crippen molar-refractivity contribution in [2.75, 3.05) is 0 Å². The van der Waals surface area contributed by atoms with Crippen LogP contribution in [-0.2, 0) is 16.7 Å². The number of halogens is 2. The SMILES string of the molecule is Cc1ccc(S(=O)(=O)Oc2c(C(=O)NCc3ccc(Cl)cc3)nc(Br)c3cccnc23)cc1. The van der Waals surface area contributed by atoms with Crippen LogP contribution in [0.1, 0.15) is 21.6 Å². The lowest BCUT2D eigenvalue weighted by Crippen LogP contribution is -2.25. The lowest BCUT2D eigenvalue weighted by atomic mass is 10.2. The minimum absolute atomic E-state index is 0.0485. The number of aryl methyl sites for hydroxylation is 1. The normalized spacial score (nSPS) is 11.4. The number of fused-ring (bicyclic) bond motifs is 1. The third-order valence-electron chi connectivity index (χ3n) is 4.75. The van der Waals surface area contributed by atoms with Crippen molar-refractivity contribution in [1.82, 2.24) is 15.3 Å². The summed E-state index contributed by atoms with van der Waals surface area (Å²) in [4.78, 5) is 21.5. The maximum Gasteiger partial charge on any atom is 0.339 e. The molecule has 2 aromatic carbocycles. The van der Waals surface area contributed by atoms with E-state index in [-0.39, 0.29) is 28.4 Å². The molecule has 0 aliphatic rings. The smallest absolute Gasteiger partial charge is 0.339 e. The Hall–Kier alpha value is -3.01. The van der Waals surface area contributed by atoms with Crippen molar-refractivity contribution in [3.8, 4) is 5.75 Å². The molecule has 0 unspecified atom stereocenters. The van der Waals surface area contributed by atoms with Crippen LogP contribution in [0.5, 0.6) is 5.75 Å². The van der Waals surface area contributed by atoms with Crippen LogP contribution in [0.4, 0.5) is 0 Å².